The number of primary amides is 1. The largest absolute Gasteiger partial charge is 0.466 e. The molecule has 0 spiro atoms. The number of para-hydroxylation sites is 1. The lowest BCUT2D eigenvalue weighted by atomic mass is 9.95. The highest BCUT2D eigenvalue weighted by Gasteiger charge is 2.37. The van der Waals surface area contributed by atoms with Gasteiger partial charge in [0.2, 0.25) is 5.91 Å². The standard InChI is InChI=1S/C20H23N3O6/c1-3-28-16(24)11-13(20(27)29-4-2)17(18(21)25)23-19(26)15-10-9-12-7-5-6-8-14(12)22-15/h5-10,13,17H,3-4,11H2,1-2H3,(H2,21,25)(H,23,26)/t13-,17-/m1/s1. The van der Waals surface area contributed by atoms with Crippen molar-refractivity contribution in [2.45, 2.75) is 26.3 Å². The van der Waals surface area contributed by atoms with E-state index >= 15 is 0 Å². The lowest BCUT2D eigenvalue weighted by Crippen LogP contribution is -2.52. The molecule has 154 valence electrons. The van der Waals surface area contributed by atoms with Crippen molar-refractivity contribution in [1.29, 1.82) is 0 Å². The van der Waals surface area contributed by atoms with Gasteiger partial charge in [-0.25, -0.2) is 4.98 Å². The first-order valence-corrected chi connectivity index (χ1v) is 9.15. The first-order chi connectivity index (χ1) is 13.9. The summed E-state index contributed by atoms with van der Waals surface area (Å²) in [5, 5.41) is 3.24. The molecule has 0 aliphatic carbocycles. The maximum absolute atomic E-state index is 12.6. The molecule has 0 radical (unpaired) electrons. The molecule has 0 aliphatic heterocycles. The van der Waals surface area contributed by atoms with Crippen LogP contribution in [0.3, 0.4) is 0 Å². The second kappa shape index (κ2) is 10.2. The number of hydrogen-bond acceptors (Lipinski definition) is 7. The van der Waals surface area contributed by atoms with Crippen LogP contribution < -0.4 is 11.1 Å². The molecule has 1 heterocycles. The van der Waals surface area contributed by atoms with Crippen LogP contribution in [0, 0.1) is 5.92 Å². The number of aromatic nitrogens is 1. The normalized spacial score (nSPS) is 12.6. The number of nitrogens with one attached hydrogen (secondary N) is 1. The Balaban J connectivity index is 2.27. The van der Waals surface area contributed by atoms with Crippen LogP contribution >= 0.6 is 0 Å². The SMILES string of the molecule is CCOC(=O)C[C@@H](C(=O)OCC)[C@@H](NC(=O)c1ccc2ccccc2n1)C(N)=O. The summed E-state index contributed by atoms with van der Waals surface area (Å²) in [6.45, 7) is 3.32. The van der Waals surface area contributed by atoms with Crippen LogP contribution in [0.4, 0.5) is 0 Å². The number of rotatable bonds is 9. The fourth-order valence-corrected chi connectivity index (χ4v) is 2.76. The molecule has 0 saturated carbocycles. The quantitative estimate of drug-likeness (QED) is 0.597. The lowest BCUT2D eigenvalue weighted by molar-refractivity contribution is -0.156. The average molecular weight is 401 g/mol. The molecule has 1 aromatic carbocycles. The van der Waals surface area contributed by atoms with Crippen molar-refractivity contribution in [3.05, 3.63) is 42.1 Å². The third-order valence-electron chi connectivity index (χ3n) is 4.11. The summed E-state index contributed by atoms with van der Waals surface area (Å²) >= 11 is 0. The number of nitrogens with zero attached hydrogens (tertiary/aromatic N) is 1. The second-order valence-electron chi connectivity index (χ2n) is 6.11. The number of esters is 2. The van der Waals surface area contributed by atoms with E-state index in [1.165, 1.54) is 6.07 Å². The molecule has 3 N–H and O–H groups in total. The molecular formula is C20H23N3O6. The summed E-state index contributed by atoms with van der Waals surface area (Å²) < 4.78 is 9.78. The van der Waals surface area contributed by atoms with Crippen LogP contribution in [0.2, 0.25) is 0 Å². The van der Waals surface area contributed by atoms with Gasteiger partial charge in [0.1, 0.15) is 11.7 Å². The number of pyridine rings is 1. The minimum Gasteiger partial charge on any atom is -0.466 e. The molecule has 0 saturated heterocycles. The van der Waals surface area contributed by atoms with E-state index in [1.54, 1.807) is 32.0 Å². The monoisotopic (exact) mass is 401 g/mol. The minimum absolute atomic E-state index is 0.0316. The smallest absolute Gasteiger partial charge is 0.312 e. The van der Waals surface area contributed by atoms with Crippen molar-refractivity contribution < 1.29 is 28.7 Å². The molecule has 0 fully saturated rings. The highest BCUT2D eigenvalue weighted by Crippen LogP contribution is 2.16. The third-order valence-corrected chi connectivity index (χ3v) is 4.11. The number of benzene rings is 1. The van der Waals surface area contributed by atoms with Gasteiger partial charge in [0, 0.05) is 5.39 Å². The number of carbonyl (C=O) groups is 4. The Morgan fingerprint density at radius 3 is 2.38 bits per heavy atom. The van der Waals surface area contributed by atoms with Crippen LogP contribution in [0.25, 0.3) is 10.9 Å². The van der Waals surface area contributed by atoms with Crippen molar-refractivity contribution >= 4 is 34.7 Å². The zero-order valence-corrected chi connectivity index (χ0v) is 16.2. The van der Waals surface area contributed by atoms with E-state index in [0.29, 0.717) is 5.52 Å². The highest BCUT2D eigenvalue weighted by molar-refractivity contribution is 5.99. The Kier molecular flexibility index (Phi) is 7.64. The van der Waals surface area contributed by atoms with E-state index in [0.717, 1.165) is 5.39 Å². The van der Waals surface area contributed by atoms with E-state index in [2.05, 4.69) is 10.3 Å². The number of ether oxygens (including phenoxy) is 2. The minimum atomic E-state index is -1.47. The summed E-state index contributed by atoms with van der Waals surface area (Å²) in [7, 11) is 0. The zero-order valence-electron chi connectivity index (χ0n) is 16.2. The molecule has 0 unspecified atom stereocenters. The van der Waals surface area contributed by atoms with Crippen molar-refractivity contribution in [3.8, 4) is 0 Å². The Labute approximate surface area is 167 Å². The summed E-state index contributed by atoms with van der Waals surface area (Å²) in [4.78, 5) is 53.1. The number of carbonyl (C=O) groups excluding carboxylic acids is 4. The molecular weight excluding hydrogens is 378 g/mol. The van der Waals surface area contributed by atoms with Crippen molar-refractivity contribution in [3.63, 3.8) is 0 Å². The maximum atomic E-state index is 12.6. The fourth-order valence-electron chi connectivity index (χ4n) is 2.76. The van der Waals surface area contributed by atoms with Crippen molar-refractivity contribution in [2.24, 2.45) is 11.7 Å². The van der Waals surface area contributed by atoms with Crippen molar-refractivity contribution in [1.82, 2.24) is 10.3 Å². The molecule has 0 bridgehead atoms. The predicted molar refractivity (Wildman–Crippen MR) is 104 cm³/mol. The summed E-state index contributed by atoms with van der Waals surface area (Å²) in [5.74, 6) is -4.57. The molecule has 2 rings (SSSR count). The average Bonchev–Trinajstić information content (AvgIpc) is 2.70. The van der Waals surface area contributed by atoms with Gasteiger partial charge in [-0.2, -0.15) is 0 Å². The molecule has 9 nitrogen and oxygen atoms in total. The predicted octanol–water partition coefficient (Wildman–Crippen LogP) is 0.951. The maximum Gasteiger partial charge on any atom is 0.312 e. The first kappa shape index (κ1) is 21.8. The zero-order chi connectivity index (χ0) is 21.4. The first-order valence-electron chi connectivity index (χ1n) is 9.15. The van der Waals surface area contributed by atoms with E-state index in [9.17, 15) is 19.2 Å². The van der Waals surface area contributed by atoms with Crippen molar-refractivity contribution in [2.75, 3.05) is 13.2 Å². The van der Waals surface area contributed by atoms with Gasteiger partial charge in [-0.3, -0.25) is 19.2 Å². The van der Waals surface area contributed by atoms with E-state index < -0.39 is 42.1 Å². The Hall–Kier alpha value is -3.49. The molecule has 2 amide bonds. The third kappa shape index (κ3) is 5.74. The van der Waals surface area contributed by atoms with E-state index in [4.69, 9.17) is 15.2 Å². The highest BCUT2D eigenvalue weighted by atomic mass is 16.5. The molecule has 1 aromatic heterocycles. The Morgan fingerprint density at radius 2 is 1.72 bits per heavy atom. The number of nitrogens with two attached hydrogens (primary N) is 1. The summed E-state index contributed by atoms with van der Waals surface area (Å²) in [5.41, 5.74) is 6.03. The van der Waals surface area contributed by atoms with Crippen LogP contribution in [0.15, 0.2) is 36.4 Å². The van der Waals surface area contributed by atoms with Gasteiger partial charge < -0.3 is 20.5 Å². The Morgan fingerprint density at radius 1 is 1.03 bits per heavy atom. The lowest BCUT2D eigenvalue weighted by Gasteiger charge is -2.23. The Bertz CT molecular complexity index is 914. The summed E-state index contributed by atoms with van der Waals surface area (Å²) in [6.07, 6.45) is -0.467. The second-order valence-corrected chi connectivity index (χ2v) is 6.11. The fraction of sp³-hybridized carbons (Fsp3) is 0.350. The van der Waals surface area contributed by atoms with E-state index in [1.807, 2.05) is 12.1 Å². The number of fused-ring (bicyclic) bond motifs is 1. The van der Waals surface area contributed by atoms with Gasteiger partial charge in [0.05, 0.1) is 31.1 Å². The van der Waals surface area contributed by atoms with Crippen LogP contribution in [0.5, 0.6) is 0 Å². The molecule has 2 aromatic rings. The summed E-state index contributed by atoms with van der Waals surface area (Å²) in [6, 6.07) is 8.91. The number of hydrogen-bond donors (Lipinski definition) is 2. The van der Waals surface area contributed by atoms with Gasteiger partial charge in [-0.05, 0) is 26.0 Å². The topological polar surface area (TPSA) is 138 Å². The van der Waals surface area contributed by atoms with Gasteiger partial charge >= 0.3 is 11.9 Å². The molecule has 29 heavy (non-hydrogen) atoms. The van der Waals surface area contributed by atoms with Gasteiger partial charge in [0.15, 0.2) is 0 Å². The molecule has 0 aliphatic rings. The van der Waals surface area contributed by atoms with Gasteiger partial charge in [0.25, 0.3) is 5.91 Å². The van der Waals surface area contributed by atoms with E-state index in [-0.39, 0.29) is 18.9 Å². The van der Waals surface area contributed by atoms with Crippen LogP contribution in [0.1, 0.15) is 30.8 Å². The number of amides is 2. The van der Waals surface area contributed by atoms with Crippen LogP contribution in [-0.4, -0.2) is 48.0 Å². The van der Waals surface area contributed by atoms with Gasteiger partial charge in [-0.15, -0.1) is 0 Å². The van der Waals surface area contributed by atoms with Gasteiger partial charge in [-0.1, -0.05) is 24.3 Å². The van der Waals surface area contributed by atoms with Crippen LogP contribution in [-0.2, 0) is 23.9 Å². The molecule has 9 heteroatoms. The molecule has 2 atom stereocenters.